The first-order valence-electron chi connectivity index (χ1n) is 7.79. The number of nitrogens with zero attached hydrogens (tertiary/aromatic N) is 2. The third-order valence-corrected chi connectivity index (χ3v) is 4.48. The summed E-state index contributed by atoms with van der Waals surface area (Å²) in [5, 5.41) is 0. The van der Waals surface area contributed by atoms with E-state index in [1.165, 1.54) is 25.7 Å². The Hall–Kier alpha value is -1.58. The van der Waals surface area contributed by atoms with E-state index in [4.69, 9.17) is 4.74 Å². The van der Waals surface area contributed by atoms with E-state index in [9.17, 15) is 4.79 Å². The number of hydrogen-bond acceptors (Lipinski definition) is 4. The van der Waals surface area contributed by atoms with Crippen LogP contribution >= 0.6 is 0 Å². The molecule has 1 fully saturated rings. The zero-order chi connectivity index (χ0) is 15.5. The van der Waals surface area contributed by atoms with Crippen molar-refractivity contribution in [2.75, 3.05) is 18.6 Å². The van der Waals surface area contributed by atoms with Gasteiger partial charge in [0.15, 0.2) is 0 Å². The molecule has 1 saturated carbocycles. The molecule has 21 heavy (non-hydrogen) atoms. The molecule has 0 bridgehead atoms. The fourth-order valence-corrected chi connectivity index (χ4v) is 2.89. The van der Waals surface area contributed by atoms with Gasteiger partial charge in [-0.25, -0.2) is 9.78 Å². The van der Waals surface area contributed by atoms with E-state index in [1.54, 1.807) is 19.2 Å². The summed E-state index contributed by atoms with van der Waals surface area (Å²) in [5.74, 6) is 0.617. The van der Waals surface area contributed by atoms with Gasteiger partial charge in [-0.2, -0.15) is 0 Å². The molecule has 0 saturated heterocycles. The van der Waals surface area contributed by atoms with Crippen LogP contribution < -0.4 is 4.90 Å². The minimum absolute atomic E-state index is 0.307. The highest BCUT2D eigenvalue weighted by Gasteiger charge is 2.29. The normalized spacial score (nSPS) is 18.3. The summed E-state index contributed by atoms with van der Waals surface area (Å²) < 4.78 is 4.97. The molecular formula is C17H26N2O2. The number of esters is 1. The predicted octanol–water partition coefficient (Wildman–Crippen LogP) is 3.66. The summed E-state index contributed by atoms with van der Waals surface area (Å²) in [7, 11) is 2.09. The van der Waals surface area contributed by atoms with Crippen LogP contribution in [0.1, 0.15) is 56.8 Å². The number of pyridine rings is 1. The lowest BCUT2D eigenvalue weighted by Crippen LogP contribution is -2.37. The second-order valence-corrected chi connectivity index (χ2v) is 6.63. The summed E-state index contributed by atoms with van der Waals surface area (Å²) in [6.45, 7) is 6.88. The van der Waals surface area contributed by atoms with Crippen molar-refractivity contribution >= 4 is 11.8 Å². The summed E-state index contributed by atoms with van der Waals surface area (Å²) in [6.07, 6.45) is 6.51. The number of aromatic nitrogens is 1. The van der Waals surface area contributed by atoms with Crippen molar-refractivity contribution in [2.45, 2.75) is 52.5 Å². The fraction of sp³-hybridized carbons (Fsp3) is 0.647. The predicted molar refractivity (Wildman–Crippen MR) is 84.6 cm³/mol. The van der Waals surface area contributed by atoms with Crippen molar-refractivity contribution in [3.05, 3.63) is 23.9 Å². The molecule has 0 radical (unpaired) electrons. The molecule has 116 valence electrons. The van der Waals surface area contributed by atoms with Gasteiger partial charge in [0.2, 0.25) is 0 Å². The van der Waals surface area contributed by atoms with Crippen LogP contribution in [-0.4, -0.2) is 30.6 Å². The first-order valence-corrected chi connectivity index (χ1v) is 7.79. The third-order valence-electron chi connectivity index (χ3n) is 4.48. The van der Waals surface area contributed by atoms with Crippen molar-refractivity contribution in [3.8, 4) is 0 Å². The standard InChI is InChI=1S/C17H26N2O2/c1-5-21-16(20)13-6-7-15(18-12-13)19(4)14-8-10-17(2,3)11-9-14/h6-7,12,14H,5,8-11H2,1-4H3. The van der Waals surface area contributed by atoms with E-state index in [0.29, 0.717) is 23.6 Å². The second-order valence-electron chi connectivity index (χ2n) is 6.63. The maximum Gasteiger partial charge on any atom is 0.339 e. The van der Waals surface area contributed by atoms with Crippen molar-refractivity contribution in [1.29, 1.82) is 0 Å². The van der Waals surface area contributed by atoms with Gasteiger partial charge in [-0.3, -0.25) is 0 Å². The maximum atomic E-state index is 11.6. The highest BCUT2D eigenvalue weighted by Crippen LogP contribution is 2.37. The largest absolute Gasteiger partial charge is 0.462 e. The number of carbonyl (C=O) groups excluding carboxylic acids is 1. The van der Waals surface area contributed by atoms with Gasteiger partial charge in [-0.15, -0.1) is 0 Å². The van der Waals surface area contributed by atoms with Gasteiger partial charge in [0.25, 0.3) is 0 Å². The number of carbonyl (C=O) groups is 1. The van der Waals surface area contributed by atoms with Crippen molar-refractivity contribution in [1.82, 2.24) is 4.98 Å². The topological polar surface area (TPSA) is 42.4 Å². The molecular weight excluding hydrogens is 264 g/mol. The van der Waals surface area contributed by atoms with Crippen LogP contribution in [0.15, 0.2) is 18.3 Å². The molecule has 1 heterocycles. The Labute approximate surface area is 127 Å². The molecule has 0 amide bonds. The molecule has 4 nitrogen and oxygen atoms in total. The molecule has 4 heteroatoms. The highest BCUT2D eigenvalue weighted by molar-refractivity contribution is 5.89. The van der Waals surface area contributed by atoms with Gasteiger partial charge in [0, 0.05) is 19.3 Å². The molecule has 1 aromatic heterocycles. The van der Waals surface area contributed by atoms with Crippen LogP contribution in [0.4, 0.5) is 5.82 Å². The zero-order valence-corrected chi connectivity index (χ0v) is 13.6. The number of ether oxygens (including phenoxy) is 1. The Morgan fingerprint density at radius 1 is 1.38 bits per heavy atom. The van der Waals surface area contributed by atoms with Crippen LogP contribution in [0, 0.1) is 5.41 Å². The van der Waals surface area contributed by atoms with Crippen LogP contribution in [0.2, 0.25) is 0 Å². The van der Waals surface area contributed by atoms with E-state index in [2.05, 4.69) is 30.8 Å². The second kappa shape index (κ2) is 6.46. The first-order chi connectivity index (χ1) is 9.93. The molecule has 1 aliphatic carbocycles. The smallest absolute Gasteiger partial charge is 0.339 e. The zero-order valence-electron chi connectivity index (χ0n) is 13.6. The Morgan fingerprint density at radius 3 is 2.57 bits per heavy atom. The summed E-state index contributed by atoms with van der Waals surface area (Å²) >= 11 is 0. The van der Waals surface area contributed by atoms with Crippen LogP contribution in [0.5, 0.6) is 0 Å². The summed E-state index contributed by atoms with van der Waals surface area (Å²) in [5.41, 5.74) is 0.984. The maximum absolute atomic E-state index is 11.6. The first kappa shape index (κ1) is 15.8. The lowest BCUT2D eigenvalue weighted by molar-refractivity contribution is 0.0526. The molecule has 0 unspecified atom stereocenters. The lowest BCUT2D eigenvalue weighted by Gasteiger charge is -2.39. The van der Waals surface area contributed by atoms with Crippen LogP contribution in [0.3, 0.4) is 0 Å². The van der Waals surface area contributed by atoms with Gasteiger partial charge in [-0.05, 0) is 50.2 Å². The average molecular weight is 290 g/mol. The quantitative estimate of drug-likeness (QED) is 0.794. The fourth-order valence-electron chi connectivity index (χ4n) is 2.89. The Morgan fingerprint density at radius 2 is 2.05 bits per heavy atom. The Kier molecular flexibility index (Phi) is 4.86. The Bertz CT molecular complexity index is 472. The van der Waals surface area contributed by atoms with Gasteiger partial charge in [0.05, 0.1) is 12.2 Å². The molecule has 0 aliphatic heterocycles. The molecule has 0 aromatic carbocycles. The van der Waals surface area contributed by atoms with Gasteiger partial charge < -0.3 is 9.64 Å². The Balaban J connectivity index is 2.00. The molecule has 0 N–H and O–H groups in total. The number of hydrogen-bond donors (Lipinski definition) is 0. The molecule has 0 atom stereocenters. The van der Waals surface area contributed by atoms with Crippen molar-refractivity contribution < 1.29 is 9.53 Å². The lowest BCUT2D eigenvalue weighted by atomic mass is 9.75. The van der Waals surface area contributed by atoms with Crippen LogP contribution in [0.25, 0.3) is 0 Å². The van der Waals surface area contributed by atoms with E-state index in [-0.39, 0.29) is 5.97 Å². The third kappa shape index (κ3) is 3.96. The molecule has 2 rings (SSSR count). The van der Waals surface area contributed by atoms with E-state index in [1.807, 2.05) is 6.07 Å². The van der Waals surface area contributed by atoms with Crippen LogP contribution in [-0.2, 0) is 4.74 Å². The molecule has 0 spiro atoms. The molecule has 1 aromatic rings. The summed E-state index contributed by atoms with van der Waals surface area (Å²) in [4.78, 5) is 18.3. The minimum Gasteiger partial charge on any atom is -0.462 e. The highest BCUT2D eigenvalue weighted by atomic mass is 16.5. The average Bonchev–Trinajstić information content (AvgIpc) is 2.47. The van der Waals surface area contributed by atoms with E-state index < -0.39 is 0 Å². The monoisotopic (exact) mass is 290 g/mol. The molecule has 1 aliphatic rings. The number of anilines is 1. The van der Waals surface area contributed by atoms with Gasteiger partial charge in [0.1, 0.15) is 5.82 Å². The SMILES string of the molecule is CCOC(=O)c1ccc(N(C)C2CCC(C)(C)CC2)nc1. The number of rotatable bonds is 4. The van der Waals surface area contributed by atoms with E-state index in [0.717, 1.165) is 5.82 Å². The van der Waals surface area contributed by atoms with Crippen molar-refractivity contribution in [3.63, 3.8) is 0 Å². The van der Waals surface area contributed by atoms with E-state index >= 15 is 0 Å². The van der Waals surface area contributed by atoms with Gasteiger partial charge in [-0.1, -0.05) is 13.8 Å². The minimum atomic E-state index is -0.307. The summed E-state index contributed by atoms with van der Waals surface area (Å²) in [6, 6.07) is 4.24. The van der Waals surface area contributed by atoms with Crippen molar-refractivity contribution in [2.24, 2.45) is 5.41 Å². The van der Waals surface area contributed by atoms with Gasteiger partial charge >= 0.3 is 5.97 Å².